The standard InChI is InChI=1S/C24H28N4O8/c1-13(29)18(26-23(33)36-24(2,3)4)22(32)27-12-6-8-17(27)21(31)20(30)15-9-10-16(28(34)35)14-7-5-11-25-19(14)15/h5,7,9-11,13,17-18,29H,6,8,12H2,1-4H3,(H,26,33). The maximum atomic E-state index is 13.2. The molecule has 0 spiro atoms. The van der Waals surface area contributed by atoms with E-state index in [1.807, 2.05) is 0 Å². The summed E-state index contributed by atoms with van der Waals surface area (Å²) in [7, 11) is 0. The van der Waals surface area contributed by atoms with Crippen LogP contribution in [0.3, 0.4) is 0 Å². The number of alkyl carbamates (subject to hydrolysis) is 1. The van der Waals surface area contributed by atoms with Crippen LogP contribution in [0, 0.1) is 10.1 Å². The van der Waals surface area contributed by atoms with E-state index in [1.54, 1.807) is 20.8 Å². The number of nitro groups is 1. The Morgan fingerprint density at radius 3 is 2.56 bits per heavy atom. The first kappa shape index (κ1) is 26.7. The summed E-state index contributed by atoms with van der Waals surface area (Å²) in [6.45, 7) is 6.38. The molecule has 1 aromatic heterocycles. The van der Waals surface area contributed by atoms with Crippen molar-refractivity contribution in [1.82, 2.24) is 15.2 Å². The topological polar surface area (TPSA) is 169 Å². The number of Topliss-reactive ketones (excluding diaryl/α,β-unsaturated/α-hetero) is 2. The van der Waals surface area contributed by atoms with E-state index < -0.39 is 52.3 Å². The highest BCUT2D eigenvalue weighted by Gasteiger charge is 2.42. The number of aliphatic hydroxyl groups excluding tert-OH is 1. The molecule has 12 nitrogen and oxygen atoms in total. The number of likely N-dealkylation sites (tertiary alicyclic amines) is 1. The minimum atomic E-state index is -1.40. The predicted molar refractivity (Wildman–Crippen MR) is 127 cm³/mol. The number of fused-ring (bicyclic) bond motifs is 1. The number of aliphatic hydroxyl groups is 1. The zero-order valence-corrected chi connectivity index (χ0v) is 20.4. The van der Waals surface area contributed by atoms with Crippen molar-refractivity contribution in [3.8, 4) is 0 Å². The zero-order chi connectivity index (χ0) is 26.8. The maximum absolute atomic E-state index is 13.2. The lowest BCUT2D eigenvalue weighted by molar-refractivity contribution is -0.383. The normalized spacial score (nSPS) is 17.4. The number of carbonyl (C=O) groups excluding carboxylic acids is 4. The Morgan fingerprint density at radius 2 is 1.94 bits per heavy atom. The fraction of sp³-hybridized carbons (Fsp3) is 0.458. The van der Waals surface area contributed by atoms with Gasteiger partial charge in [0.05, 0.1) is 33.5 Å². The fourth-order valence-corrected chi connectivity index (χ4v) is 4.09. The van der Waals surface area contributed by atoms with Gasteiger partial charge in [-0.2, -0.15) is 0 Å². The average molecular weight is 501 g/mol. The number of ketones is 2. The van der Waals surface area contributed by atoms with E-state index in [4.69, 9.17) is 4.74 Å². The maximum Gasteiger partial charge on any atom is 0.408 e. The first-order valence-corrected chi connectivity index (χ1v) is 11.4. The smallest absolute Gasteiger partial charge is 0.408 e. The first-order chi connectivity index (χ1) is 16.8. The highest BCUT2D eigenvalue weighted by molar-refractivity contribution is 6.47. The Balaban J connectivity index is 1.86. The number of hydrogen-bond acceptors (Lipinski definition) is 9. The van der Waals surface area contributed by atoms with Gasteiger partial charge in [0.15, 0.2) is 0 Å². The van der Waals surface area contributed by atoms with Gasteiger partial charge in [-0.15, -0.1) is 0 Å². The van der Waals surface area contributed by atoms with Crippen molar-refractivity contribution >= 4 is 40.2 Å². The number of aromatic nitrogens is 1. The average Bonchev–Trinajstić information content (AvgIpc) is 3.29. The van der Waals surface area contributed by atoms with E-state index in [1.165, 1.54) is 31.3 Å². The second-order valence-electron chi connectivity index (χ2n) is 9.54. The number of hydrogen-bond donors (Lipinski definition) is 2. The van der Waals surface area contributed by atoms with E-state index in [0.29, 0.717) is 6.42 Å². The Kier molecular flexibility index (Phi) is 7.68. The molecule has 0 bridgehead atoms. The van der Waals surface area contributed by atoms with Gasteiger partial charge in [-0.1, -0.05) is 0 Å². The second kappa shape index (κ2) is 10.4. The van der Waals surface area contributed by atoms with E-state index in [0.717, 1.165) is 11.0 Å². The van der Waals surface area contributed by atoms with Gasteiger partial charge in [-0.25, -0.2) is 4.79 Å². The van der Waals surface area contributed by atoms with Gasteiger partial charge < -0.3 is 20.1 Å². The van der Waals surface area contributed by atoms with Gasteiger partial charge in [-0.05, 0) is 58.7 Å². The Hall–Kier alpha value is -3.93. The van der Waals surface area contributed by atoms with Gasteiger partial charge in [0.2, 0.25) is 17.5 Å². The van der Waals surface area contributed by atoms with E-state index in [-0.39, 0.29) is 35.1 Å². The van der Waals surface area contributed by atoms with E-state index >= 15 is 0 Å². The highest BCUT2D eigenvalue weighted by atomic mass is 16.6. The lowest BCUT2D eigenvalue weighted by atomic mass is 9.97. The van der Waals surface area contributed by atoms with Crippen molar-refractivity contribution in [1.29, 1.82) is 0 Å². The molecule has 2 heterocycles. The molecule has 12 heteroatoms. The van der Waals surface area contributed by atoms with Gasteiger partial charge in [0, 0.05) is 18.8 Å². The third-order valence-corrected chi connectivity index (χ3v) is 5.67. The molecule has 2 N–H and O–H groups in total. The molecule has 192 valence electrons. The summed E-state index contributed by atoms with van der Waals surface area (Å²) in [4.78, 5) is 67.9. The van der Waals surface area contributed by atoms with Crippen molar-refractivity contribution in [3.63, 3.8) is 0 Å². The number of amides is 2. The minimum Gasteiger partial charge on any atom is -0.444 e. The number of nitro benzene ring substituents is 1. The molecule has 0 radical (unpaired) electrons. The monoisotopic (exact) mass is 500 g/mol. The molecule has 1 aliphatic heterocycles. The summed E-state index contributed by atoms with van der Waals surface area (Å²) in [6, 6.07) is 2.71. The molecule has 3 atom stereocenters. The van der Waals surface area contributed by atoms with Crippen LogP contribution in [0.25, 0.3) is 10.9 Å². The first-order valence-electron chi connectivity index (χ1n) is 11.4. The summed E-state index contributed by atoms with van der Waals surface area (Å²) in [5.74, 6) is -2.55. The number of nitrogens with zero attached hydrogens (tertiary/aromatic N) is 3. The molecular formula is C24H28N4O8. The molecule has 0 saturated carbocycles. The number of nitrogens with one attached hydrogen (secondary N) is 1. The Bertz CT molecular complexity index is 1220. The van der Waals surface area contributed by atoms with Gasteiger partial charge in [-0.3, -0.25) is 29.5 Å². The van der Waals surface area contributed by atoms with E-state index in [2.05, 4.69) is 10.3 Å². The van der Waals surface area contributed by atoms with Crippen LogP contribution in [-0.2, 0) is 14.3 Å². The lowest BCUT2D eigenvalue weighted by Gasteiger charge is -2.30. The second-order valence-corrected chi connectivity index (χ2v) is 9.54. The van der Waals surface area contributed by atoms with Crippen LogP contribution in [0.2, 0.25) is 0 Å². The van der Waals surface area contributed by atoms with Crippen LogP contribution >= 0.6 is 0 Å². The van der Waals surface area contributed by atoms with Gasteiger partial charge in [0.1, 0.15) is 11.6 Å². The van der Waals surface area contributed by atoms with Crippen molar-refractivity contribution in [3.05, 3.63) is 46.1 Å². The number of non-ortho nitro benzene ring substituents is 1. The summed E-state index contributed by atoms with van der Waals surface area (Å²) >= 11 is 0. The van der Waals surface area contributed by atoms with Crippen LogP contribution in [0.15, 0.2) is 30.5 Å². The summed E-state index contributed by atoms with van der Waals surface area (Å²) in [5, 5.41) is 24.0. The molecule has 3 unspecified atom stereocenters. The molecule has 2 amide bonds. The number of ether oxygens (including phenoxy) is 1. The molecule has 1 saturated heterocycles. The minimum absolute atomic E-state index is 0.00868. The molecule has 1 aliphatic rings. The number of carbonyl (C=O) groups is 4. The Labute approximate surface area is 206 Å². The molecule has 36 heavy (non-hydrogen) atoms. The van der Waals surface area contributed by atoms with Crippen molar-refractivity contribution in [2.75, 3.05) is 6.54 Å². The third kappa shape index (κ3) is 5.65. The van der Waals surface area contributed by atoms with Crippen LogP contribution < -0.4 is 5.32 Å². The highest BCUT2D eigenvalue weighted by Crippen LogP contribution is 2.28. The van der Waals surface area contributed by atoms with Crippen molar-refractivity contribution in [2.24, 2.45) is 0 Å². The quantitative estimate of drug-likeness (QED) is 0.250. The zero-order valence-electron chi connectivity index (χ0n) is 20.4. The van der Waals surface area contributed by atoms with Crippen LogP contribution in [-0.4, -0.2) is 73.8 Å². The van der Waals surface area contributed by atoms with Gasteiger partial charge >= 0.3 is 6.09 Å². The molecule has 1 aromatic carbocycles. The molecule has 2 aromatic rings. The molecule has 1 fully saturated rings. The molecular weight excluding hydrogens is 472 g/mol. The lowest BCUT2D eigenvalue weighted by Crippen LogP contribution is -2.56. The summed E-state index contributed by atoms with van der Waals surface area (Å²) < 4.78 is 5.16. The predicted octanol–water partition coefficient (Wildman–Crippen LogP) is 2.16. The number of pyridine rings is 1. The summed E-state index contributed by atoms with van der Waals surface area (Å²) in [6.07, 6.45) is -0.238. The molecule has 3 rings (SSSR count). The number of benzene rings is 1. The third-order valence-electron chi connectivity index (χ3n) is 5.67. The largest absolute Gasteiger partial charge is 0.444 e. The fourth-order valence-electron chi connectivity index (χ4n) is 4.09. The Morgan fingerprint density at radius 1 is 1.25 bits per heavy atom. The summed E-state index contributed by atoms with van der Waals surface area (Å²) in [5.41, 5.74) is -1.20. The van der Waals surface area contributed by atoms with Crippen LogP contribution in [0.4, 0.5) is 10.5 Å². The molecule has 0 aliphatic carbocycles. The van der Waals surface area contributed by atoms with Gasteiger partial charge in [0.25, 0.3) is 5.69 Å². The van der Waals surface area contributed by atoms with Crippen LogP contribution in [0.1, 0.15) is 50.9 Å². The SMILES string of the molecule is CC(O)C(NC(=O)OC(C)(C)C)C(=O)N1CCCC1C(=O)C(=O)c1ccc([N+](=O)[O-])c2cccnc12. The number of rotatable bonds is 7. The van der Waals surface area contributed by atoms with E-state index in [9.17, 15) is 34.4 Å². The van der Waals surface area contributed by atoms with Crippen molar-refractivity contribution < 1.29 is 33.9 Å². The van der Waals surface area contributed by atoms with Crippen molar-refractivity contribution in [2.45, 2.75) is 64.3 Å². The van der Waals surface area contributed by atoms with Crippen LogP contribution in [0.5, 0.6) is 0 Å².